The summed E-state index contributed by atoms with van der Waals surface area (Å²) in [7, 11) is 3.24. The summed E-state index contributed by atoms with van der Waals surface area (Å²) in [4.78, 5) is 2.39. The third kappa shape index (κ3) is 12.8. The molecular weight excluding hydrogens is 587 g/mol. The van der Waals surface area contributed by atoms with Crippen molar-refractivity contribution in [2.75, 3.05) is 45.3 Å². The molecule has 2 fully saturated rings. The summed E-state index contributed by atoms with van der Waals surface area (Å²) in [5.41, 5.74) is 1.17. The van der Waals surface area contributed by atoms with E-state index < -0.39 is 0 Å². The lowest BCUT2D eigenvalue weighted by Gasteiger charge is -2.39. The quantitative estimate of drug-likeness (QED) is 0.324. The van der Waals surface area contributed by atoms with Crippen molar-refractivity contribution >= 4 is 44.8 Å². The molecule has 38 heavy (non-hydrogen) atoms. The van der Waals surface area contributed by atoms with Crippen LogP contribution in [0.1, 0.15) is 50.0 Å². The normalized spacial score (nSPS) is 22.0. The molecule has 2 saturated heterocycles. The third-order valence-electron chi connectivity index (χ3n) is 5.89. The van der Waals surface area contributed by atoms with Crippen LogP contribution in [0.25, 0.3) is 0 Å². The molecule has 0 saturated carbocycles. The number of hydrogen-bond acceptors (Lipinski definition) is 6. The van der Waals surface area contributed by atoms with Crippen molar-refractivity contribution in [3.05, 3.63) is 50.9 Å². The summed E-state index contributed by atoms with van der Waals surface area (Å²) in [5.74, 6) is 1.43. The molecule has 3 N–H and O–H groups in total. The molecule has 2 aliphatic heterocycles. The van der Waals surface area contributed by atoms with E-state index in [-0.39, 0.29) is 22.3 Å². The number of nitrogens with zero attached hydrogens (tertiary/aromatic N) is 1. The molecule has 0 aromatic heterocycles. The Kier molecular flexibility index (Phi) is 20.3. The number of hydrogen-bond donors (Lipinski definition) is 3. The van der Waals surface area contributed by atoms with E-state index in [9.17, 15) is 0 Å². The van der Waals surface area contributed by atoms with E-state index >= 15 is 0 Å². The maximum absolute atomic E-state index is 6.04. The van der Waals surface area contributed by atoms with Crippen LogP contribution >= 0.6 is 39.1 Å². The molecular formula is C29H51BrCl2N4O2. The van der Waals surface area contributed by atoms with Gasteiger partial charge in [-0.15, -0.1) is 0 Å². The van der Waals surface area contributed by atoms with Gasteiger partial charge < -0.3 is 30.3 Å². The van der Waals surface area contributed by atoms with Crippen molar-refractivity contribution in [3.63, 3.8) is 0 Å². The Balaban J connectivity index is 0. The van der Waals surface area contributed by atoms with E-state index in [2.05, 4.69) is 70.5 Å². The second-order valence-corrected chi connectivity index (χ2v) is 10.8. The van der Waals surface area contributed by atoms with Gasteiger partial charge in [0.05, 0.1) is 24.3 Å². The summed E-state index contributed by atoms with van der Waals surface area (Å²) >= 11 is 15.1. The van der Waals surface area contributed by atoms with Crippen LogP contribution in [-0.4, -0.2) is 64.6 Å². The van der Waals surface area contributed by atoms with Crippen LogP contribution in [0, 0.1) is 0 Å². The number of piperazine rings is 2. The van der Waals surface area contributed by atoms with E-state index in [1.807, 2.05) is 24.3 Å². The SMILES string of the molecule is C.C.C.COc1cc(Br)ccc1Cl.COc1cc(N2C[C@H](C)NC[C@H]2C)ccc1Cl.C[C@@H]1CN[C@@H](C)CN1. The van der Waals surface area contributed by atoms with Gasteiger partial charge in [0.1, 0.15) is 11.5 Å². The number of ether oxygens (including phenoxy) is 2. The second kappa shape index (κ2) is 19.8. The van der Waals surface area contributed by atoms with Crippen LogP contribution in [0.3, 0.4) is 0 Å². The first-order valence-electron chi connectivity index (χ1n) is 11.9. The highest BCUT2D eigenvalue weighted by Gasteiger charge is 2.23. The summed E-state index contributed by atoms with van der Waals surface area (Å²) in [6.45, 7) is 13.0. The number of methoxy groups -OCH3 is 2. The Hall–Kier alpha value is -1.22. The maximum Gasteiger partial charge on any atom is 0.139 e. The summed E-state index contributed by atoms with van der Waals surface area (Å²) in [5, 5.41) is 11.5. The number of halogens is 3. The minimum atomic E-state index is 0. The molecule has 0 spiro atoms. The summed E-state index contributed by atoms with van der Waals surface area (Å²) < 4.78 is 11.2. The average molecular weight is 639 g/mol. The first-order chi connectivity index (χ1) is 16.6. The van der Waals surface area contributed by atoms with Crippen LogP contribution in [-0.2, 0) is 0 Å². The molecule has 6 nitrogen and oxygen atoms in total. The molecule has 0 amide bonds. The average Bonchev–Trinajstić information content (AvgIpc) is 2.85. The molecule has 0 radical (unpaired) electrons. The number of rotatable bonds is 3. The van der Waals surface area contributed by atoms with Gasteiger partial charge in [-0.1, -0.05) is 61.4 Å². The molecule has 4 atom stereocenters. The van der Waals surface area contributed by atoms with Crippen molar-refractivity contribution in [1.82, 2.24) is 16.0 Å². The highest BCUT2D eigenvalue weighted by Crippen LogP contribution is 2.31. The molecule has 0 aliphatic carbocycles. The molecule has 4 rings (SSSR count). The fraction of sp³-hybridized carbons (Fsp3) is 0.586. The van der Waals surface area contributed by atoms with Gasteiger partial charge >= 0.3 is 0 Å². The zero-order valence-electron chi connectivity index (χ0n) is 21.5. The monoisotopic (exact) mass is 636 g/mol. The number of nitrogens with one attached hydrogen (secondary N) is 3. The van der Waals surface area contributed by atoms with Gasteiger partial charge in [0, 0.05) is 66.6 Å². The Morgan fingerprint density at radius 3 is 1.68 bits per heavy atom. The first-order valence-corrected chi connectivity index (χ1v) is 13.5. The van der Waals surface area contributed by atoms with Crippen LogP contribution in [0.15, 0.2) is 40.9 Å². The van der Waals surface area contributed by atoms with Crippen molar-refractivity contribution < 1.29 is 9.47 Å². The topological polar surface area (TPSA) is 57.8 Å². The highest BCUT2D eigenvalue weighted by molar-refractivity contribution is 9.10. The predicted molar refractivity (Wildman–Crippen MR) is 173 cm³/mol. The molecule has 2 aliphatic rings. The van der Waals surface area contributed by atoms with Gasteiger partial charge in [-0.05, 0) is 58.0 Å². The maximum atomic E-state index is 6.04. The van der Waals surface area contributed by atoms with Gasteiger partial charge in [0.15, 0.2) is 0 Å². The lowest BCUT2D eigenvalue weighted by molar-refractivity contribution is 0.376. The lowest BCUT2D eigenvalue weighted by atomic mass is 10.1. The summed E-state index contributed by atoms with van der Waals surface area (Å²) in [6.07, 6.45) is 0. The Morgan fingerprint density at radius 2 is 1.21 bits per heavy atom. The third-order valence-corrected chi connectivity index (χ3v) is 7.01. The van der Waals surface area contributed by atoms with E-state index in [1.54, 1.807) is 20.3 Å². The van der Waals surface area contributed by atoms with E-state index in [0.29, 0.717) is 40.0 Å². The minimum Gasteiger partial charge on any atom is -0.495 e. The van der Waals surface area contributed by atoms with Crippen LogP contribution < -0.4 is 30.3 Å². The fourth-order valence-electron chi connectivity index (χ4n) is 3.74. The van der Waals surface area contributed by atoms with Crippen molar-refractivity contribution in [1.29, 1.82) is 0 Å². The predicted octanol–water partition coefficient (Wildman–Crippen LogP) is 7.51. The standard InChI is InChI=1S/C13H19ClN2O.C7H6BrClO.C6H14N2.3CH4/c1-9-8-16(10(2)7-15-9)11-4-5-12(14)13(6-11)17-3;1-10-7-4-5(8)2-3-6(7)9;1-5-3-8-6(2)4-7-5;;;/h4-6,9-10,15H,7-8H2,1-3H3;2-4H,1H3;5-8H,3-4H2,1-2H3;3*1H4/t9-,10+;;5-,6+;;;/m0...../s1. The van der Waals surface area contributed by atoms with Crippen LogP contribution in [0.2, 0.25) is 10.0 Å². The van der Waals surface area contributed by atoms with E-state index in [1.165, 1.54) is 5.69 Å². The fourth-order valence-corrected chi connectivity index (χ4v) is 4.47. The van der Waals surface area contributed by atoms with Gasteiger partial charge in [0.2, 0.25) is 0 Å². The van der Waals surface area contributed by atoms with E-state index in [0.717, 1.165) is 36.4 Å². The van der Waals surface area contributed by atoms with Crippen LogP contribution in [0.5, 0.6) is 11.5 Å². The largest absolute Gasteiger partial charge is 0.495 e. The van der Waals surface area contributed by atoms with Crippen molar-refractivity contribution in [3.8, 4) is 11.5 Å². The lowest BCUT2D eigenvalue weighted by Crippen LogP contribution is -2.54. The van der Waals surface area contributed by atoms with Crippen molar-refractivity contribution in [2.45, 2.75) is 74.1 Å². The summed E-state index contributed by atoms with van der Waals surface area (Å²) in [6, 6.07) is 13.7. The second-order valence-electron chi connectivity index (χ2n) is 9.03. The number of benzene rings is 2. The van der Waals surface area contributed by atoms with Gasteiger partial charge in [0.25, 0.3) is 0 Å². The minimum absolute atomic E-state index is 0. The molecule has 0 unspecified atom stereocenters. The van der Waals surface area contributed by atoms with Crippen molar-refractivity contribution in [2.24, 2.45) is 0 Å². The zero-order chi connectivity index (χ0) is 26.0. The Bertz CT molecular complexity index is 904. The smallest absolute Gasteiger partial charge is 0.139 e. The molecule has 2 heterocycles. The first kappa shape index (κ1) is 38.9. The van der Waals surface area contributed by atoms with Gasteiger partial charge in [-0.3, -0.25) is 0 Å². The van der Waals surface area contributed by atoms with Gasteiger partial charge in [-0.2, -0.15) is 0 Å². The van der Waals surface area contributed by atoms with Crippen LogP contribution in [0.4, 0.5) is 5.69 Å². The highest BCUT2D eigenvalue weighted by atomic mass is 79.9. The van der Waals surface area contributed by atoms with Gasteiger partial charge in [-0.25, -0.2) is 0 Å². The van der Waals surface area contributed by atoms with E-state index in [4.69, 9.17) is 32.7 Å². The number of anilines is 1. The molecule has 9 heteroatoms. The molecule has 0 bridgehead atoms. The zero-order valence-corrected chi connectivity index (χ0v) is 24.6. The Labute approximate surface area is 251 Å². The molecule has 2 aromatic carbocycles. The molecule has 2 aromatic rings. The molecule has 220 valence electrons. The Morgan fingerprint density at radius 1 is 0.737 bits per heavy atom.